The van der Waals surface area contributed by atoms with Crippen molar-refractivity contribution in [3.8, 4) is 0 Å². The zero-order chi connectivity index (χ0) is 13.1. The van der Waals surface area contributed by atoms with Crippen LogP contribution in [0.2, 0.25) is 5.15 Å². The van der Waals surface area contributed by atoms with Gasteiger partial charge in [0.15, 0.2) is 0 Å². The summed E-state index contributed by atoms with van der Waals surface area (Å²) < 4.78 is 13.0. The largest absolute Gasteiger partial charge is 0.307 e. The highest BCUT2D eigenvalue weighted by Crippen LogP contribution is 2.17. The van der Waals surface area contributed by atoms with Crippen molar-refractivity contribution in [2.75, 3.05) is 5.32 Å². The van der Waals surface area contributed by atoms with Gasteiger partial charge in [0.05, 0.1) is 18.0 Å². The fraction of sp³-hybridized carbons (Fsp3) is 0.182. The molecule has 0 aliphatic rings. The van der Waals surface area contributed by atoms with Crippen LogP contribution >= 0.6 is 11.6 Å². The predicted molar refractivity (Wildman–Crippen MR) is 65.1 cm³/mol. The molecule has 5 nitrogen and oxygen atoms in total. The molecule has 2 heterocycles. The van der Waals surface area contributed by atoms with Gasteiger partial charge in [0, 0.05) is 5.56 Å². The first-order chi connectivity index (χ1) is 8.61. The van der Waals surface area contributed by atoms with Gasteiger partial charge in [-0.25, -0.2) is 9.37 Å². The Morgan fingerprint density at radius 2 is 2.33 bits per heavy atom. The van der Waals surface area contributed by atoms with E-state index < -0.39 is 11.7 Å². The molecule has 2 aromatic heterocycles. The SMILES string of the molecule is CCc1cn[nH]c1NC(=O)c1cc(F)cnc1Cl. The number of halogens is 2. The van der Waals surface area contributed by atoms with Crippen molar-refractivity contribution in [1.29, 1.82) is 0 Å². The third-order valence-corrected chi connectivity index (χ3v) is 2.69. The molecule has 0 unspecified atom stereocenters. The van der Waals surface area contributed by atoms with Crippen LogP contribution in [-0.2, 0) is 6.42 Å². The number of aromatic nitrogens is 3. The quantitative estimate of drug-likeness (QED) is 0.840. The lowest BCUT2D eigenvalue weighted by Crippen LogP contribution is -2.14. The third-order valence-electron chi connectivity index (χ3n) is 2.39. The summed E-state index contributed by atoms with van der Waals surface area (Å²) in [6, 6.07) is 1.03. The second-order valence-electron chi connectivity index (χ2n) is 3.57. The molecule has 94 valence electrons. The average Bonchev–Trinajstić information content (AvgIpc) is 2.79. The van der Waals surface area contributed by atoms with E-state index in [0.717, 1.165) is 17.8 Å². The Kier molecular flexibility index (Phi) is 3.57. The Balaban J connectivity index is 2.25. The first kappa shape index (κ1) is 12.5. The molecule has 0 fully saturated rings. The van der Waals surface area contributed by atoms with E-state index in [2.05, 4.69) is 20.5 Å². The van der Waals surface area contributed by atoms with E-state index in [-0.39, 0.29) is 10.7 Å². The van der Waals surface area contributed by atoms with Crippen LogP contribution in [0.3, 0.4) is 0 Å². The van der Waals surface area contributed by atoms with E-state index in [0.29, 0.717) is 12.2 Å². The zero-order valence-electron chi connectivity index (χ0n) is 9.50. The fourth-order valence-corrected chi connectivity index (χ4v) is 1.64. The van der Waals surface area contributed by atoms with Gasteiger partial charge in [-0.15, -0.1) is 0 Å². The summed E-state index contributed by atoms with van der Waals surface area (Å²) in [5.74, 6) is -0.682. The molecule has 0 atom stereocenters. The van der Waals surface area contributed by atoms with Crippen molar-refractivity contribution in [3.63, 3.8) is 0 Å². The monoisotopic (exact) mass is 268 g/mol. The maximum Gasteiger partial charge on any atom is 0.260 e. The highest BCUT2D eigenvalue weighted by molar-refractivity contribution is 6.33. The number of rotatable bonds is 3. The summed E-state index contributed by atoms with van der Waals surface area (Å²) >= 11 is 5.74. The number of hydrogen-bond acceptors (Lipinski definition) is 3. The number of aryl methyl sites for hydroxylation is 1. The third kappa shape index (κ3) is 2.48. The molecular formula is C11H10ClFN4O. The molecule has 1 amide bonds. The van der Waals surface area contributed by atoms with Crippen LogP contribution in [-0.4, -0.2) is 21.1 Å². The van der Waals surface area contributed by atoms with Crippen molar-refractivity contribution in [2.45, 2.75) is 13.3 Å². The minimum atomic E-state index is -0.620. The molecule has 2 N–H and O–H groups in total. The van der Waals surface area contributed by atoms with Crippen molar-refractivity contribution in [2.24, 2.45) is 0 Å². The van der Waals surface area contributed by atoms with Crippen molar-refractivity contribution in [1.82, 2.24) is 15.2 Å². The Morgan fingerprint density at radius 3 is 3.06 bits per heavy atom. The number of amides is 1. The van der Waals surface area contributed by atoms with Crippen LogP contribution < -0.4 is 5.32 Å². The summed E-state index contributed by atoms with van der Waals surface area (Å²) in [7, 11) is 0. The van der Waals surface area contributed by atoms with Crippen molar-refractivity contribution < 1.29 is 9.18 Å². The van der Waals surface area contributed by atoms with Gasteiger partial charge < -0.3 is 5.32 Å². The molecule has 0 bridgehead atoms. The van der Waals surface area contributed by atoms with Gasteiger partial charge in [0.2, 0.25) is 0 Å². The number of carbonyl (C=O) groups excluding carboxylic acids is 1. The maximum absolute atomic E-state index is 13.0. The van der Waals surface area contributed by atoms with Crippen LogP contribution in [0.15, 0.2) is 18.5 Å². The first-order valence-electron chi connectivity index (χ1n) is 5.26. The van der Waals surface area contributed by atoms with Gasteiger partial charge in [0.1, 0.15) is 16.8 Å². The molecule has 0 aromatic carbocycles. The van der Waals surface area contributed by atoms with Gasteiger partial charge >= 0.3 is 0 Å². The average molecular weight is 269 g/mol. The fourth-order valence-electron chi connectivity index (χ4n) is 1.45. The number of nitrogens with one attached hydrogen (secondary N) is 2. The van der Waals surface area contributed by atoms with Gasteiger partial charge in [0.25, 0.3) is 5.91 Å². The van der Waals surface area contributed by atoms with Gasteiger partial charge in [-0.1, -0.05) is 18.5 Å². The molecule has 0 saturated carbocycles. The van der Waals surface area contributed by atoms with E-state index in [4.69, 9.17) is 11.6 Å². The molecular weight excluding hydrogens is 259 g/mol. The Morgan fingerprint density at radius 1 is 1.56 bits per heavy atom. The molecule has 2 rings (SSSR count). The number of carbonyl (C=O) groups is 1. The number of pyridine rings is 1. The molecule has 7 heteroatoms. The molecule has 0 spiro atoms. The van der Waals surface area contributed by atoms with E-state index in [9.17, 15) is 9.18 Å². The summed E-state index contributed by atoms with van der Waals surface area (Å²) in [4.78, 5) is 15.5. The van der Waals surface area contributed by atoms with E-state index >= 15 is 0 Å². The highest BCUT2D eigenvalue weighted by atomic mass is 35.5. The van der Waals surface area contributed by atoms with Crippen molar-refractivity contribution >= 4 is 23.3 Å². The standard InChI is InChI=1S/C11H10ClFN4O/c1-2-6-4-15-17-10(6)16-11(18)8-3-7(13)5-14-9(8)12/h3-5H,2H2,1H3,(H2,15,16,17,18). The normalized spacial score (nSPS) is 10.4. The van der Waals surface area contributed by atoms with E-state index in [1.54, 1.807) is 6.20 Å². The molecule has 0 saturated heterocycles. The summed E-state index contributed by atoms with van der Waals surface area (Å²) in [5.41, 5.74) is 0.831. The number of aromatic amines is 1. The lowest BCUT2D eigenvalue weighted by molar-refractivity contribution is 0.102. The second kappa shape index (κ2) is 5.14. The van der Waals surface area contributed by atoms with Crippen LogP contribution in [0.25, 0.3) is 0 Å². The summed E-state index contributed by atoms with van der Waals surface area (Å²) in [5, 5.41) is 9.00. The van der Waals surface area contributed by atoms with E-state index in [1.165, 1.54) is 0 Å². The van der Waals surface area contributed by atoms with Crippen molar-refractivity contribution in [3.05, 3.63) is 40.6 Å². The Hall–Kier alpha value is -1.95. The van der Waals surface area contributed by atoms with E-state index in [1.807, 2.05) is 6.92 Å². The molecule has 0 radical (unpaired) electrons. The lowest BCUT2D eigenvalue weighted by Gasteiger charge is -2.05. The Labute approximate surface area is 107 Å². The number of H-pyrrole nitrogens is 1. The number of anilines is 1. The van der Waals surface area contributed by atoms with Gasteiger partial charge in [-0.05, 0) is 12.5 Å². The first-order valence-corrected chi connectivity index (χ1v) is 5.64. The lowest BCUT2D eigenvalue weighted by atomic mass is 10.2. The maximum atomic E-state index is 13.0. The minimum Gasteiger partial charge on any atom is -0.307 e. The predicted octanol–water partition coefficient (Wildman–Crippen LogP) is 2.41. The van der Waals surface area contributed by atoms with Gasteiger partial charge in [-0.2, -0.15) is 5.10 Å². The number of hydrogen-bond donors (Lipinski definition) is 2. The molecule has 0 aliphatic carbocycles. The topological polar surface area (TPSA) is 70.7 Å². The van der Waals surface area contributed by atoms with Crippen LogP contribution in [0.5, 0.6) is 0 Å². The minimum absolute atomic E-state index is 0.0201. The zero-order valence-corrected chi connectivity index (χ0v) is 10.3. The smallest absolute Gasteiger partial charge is 0.260 e. The summed E-state index contributed by atoms with van der Waals surface area (Å²) in [6.07, 6.45) is 3.27. The summed E-state index contributed by atoms with van der Waals surface area (Å²) in [6.45, 7) is 1.93. The number of nitrogens with zero attached hydrogens (tertiary/aromatic N) is 2. The van der Waals surface area contributed by atoms with Gasteiger partial charge in [-0.3, -0.25) is 9.89 Å². The van der Waals surface area contributed by atoms with Crippen LogP contribution in [0, 0.1) is 5.82 Å². The van der Waals surface area contributed by atoms with Crippen LogP contribution in [0.4, 0.5) is 10.2 Å². The second-order valence-corrected chi connectivity index (χ2v) is 3.93. The highest BCUT2D eigenvalue weighted by Gasteiger charge is 2.15. The molecule has 18 heavy (non-hydrogen) atoms. The molecule has 2 aromatic rings. The Bertz CT molecular complexity index is 584. The molecule has 0 aliphatic heterocycles. The van der Waals surface area contributed by atoms with Crippen LogP contribution in [0.1, 0.15) is 22.8 Å².